The van der Waals surface area contributed by atoms with E-state index in [1.54, 1.807) is 30.5 Å². The fraction of sp³-hybridized carbons (Fsp3) is 0.167. The molecule has 0 fully saturated rings. The lowest BCUT2D eigenvalue weighted by Crippen LogP contribution is -2.17. The van der Waals surface area contributed by atoms with Crippen LogP contribution < -0.4 is 10.6 Å². The molecule has 0 atom stereocenters. The highest BCUT2D eigenvalue weighted by molar-refractivity contribution is 7.08. The number of nitro groups is 1. The summed E-state index contributed by atoms with van der Waals surface area (Å²) >= 11 is 1.62. The first kappa shape index (κ1) is 17.9. The molecule has 0 radical (unpaired) electrons. The lowest BCUT2D eigenvalue weighted by atomic mass is 10.2. The predicted molar refractivity (Wildman–Crippen MR) is 109 cm³/mol. The van der Waals surface area contributed by atoms with Crippen LogP contribution in [0, 0.1) is 17.0 Å². The minimum Gasteiger partial charge on any atom is -0.368 e. The van der Waals surface area contributed by atoms with Gasteiger partial charge in [-0.1, -0.05) is 0 Å². The van der Waals surface area contributed by atoms with Crippen LogP contribution in [0.3, 0.4) is 0 Å². The number of fused-ring (bicyclic) bond motifs is 1. The molecule has 0 amide bonds. The van der Waals surface area contributed by atoms with Gasteiger partial charge in [0.05, 0.1) is 10.6 Å². The summed E-state index contributed by atoms with van der Waals surface area (Å²) in [5, 5.41) is 21.4. The van der Waals surface area contributed by atoms with Crippen LogP contribution in [-0.2, 0) is 0 Å². The largest absolute Gasteiger partial charge is 0.368 e. The molecule has 0 bridgehead atoms. The van der Waals surface area contributed by atoms with Gasteiger partial charge in [0.2, 0.25) is 5.95 Å². The van der Waals surface area contributed by atoms with Crippen molar-refractivity contribution in [3.63, 3.8) is 0 Å². The zero-order valence-corrected chi connectivity index (χ0v) is 15.8. The molecule has 2 N–H and O–H groups in total. The van der Waals surface area contributed by atoms with E-state index < -0.39 is 4.92 Å². The van der Waals surface area contributed by atoms with Crippen LogP contribution in [0.4, 0.5) is 17.5 Å². The molecule has 0 aliphatic carbocycles. The molecule has 0 saturated carbocycles. The number of aromatic nitrogens is 4. The summed E-state index contributed by atoms with van der Waals surface area (Å²) in [6.45, 7) is 2.78. The van der Waals surface area contributed by atoms with Crippen molar-refractivity contribution in [3.8, 4) is 11.3 Å². The summed E-state index contributed by atoms with van der Waals surface area (Å²) in [5.41, 5.74) is 3.14. The number of nitrogens with one attached hydrogen (secondary N) is 2. The van der Waals surface area contributed by atoms with Gasteiger partial charge in [0.1, 0.15) is 17.2 Å². The van der Waals surface area contributed by atoms with Crippen molar-refractivity contribution < 1.29 is 4.92 Å². The van der Waals surface area contributed by atoms with Crippen LogP contribution >= 0.6 is 11.3 Å². The Morgan fingerprint density at radius 2 is 2.07 bits per heavy atom. The molecule has 4 heterocycles. The van der Waals surface area contributed by atoms with Crippen LogP contribution in [0.1, 0.15) is 5.69 Å². The second kappa shape index (κ2) is 7.61. The third-order valence-corrected chi connectivity index (χ3v) is 4.86. The Morgan fingerprint density at radius 1 is 1.21 bits per heavy atom. The number of anilines is 2. The maximum absolute atomic E-state index is 10.9. The van der Waals surface area contributed by atoms with Crippen LogP contribution in [-0.4, -0.2) is 37.4 Å². The van der Waals surface area contributed by atoms with Crippen LogP contribution in [0.15, 0.2) is 47.4 Å². The van der Waals surface area contributed by atoms with Gasteiger partial charge < -0.3 is 10.6 Å². The van der Waals surface area contributed by atoms with Crippen molar-refractivity contribution in [2.45, 2.75) is 6.92 Å². The Bertz CT molecular complexity index is 1120. The first-order valence-corrected chi connectivity index (χ1v) is 9.52. The van der Waals surface area contributed by atoms with Crippen molar-refractivity contribution in [3.05, 3.63) is 63.2 Å². The van der Waals surface area contributed by atoms with Crippen LogP contribution in [0.2, 0.25) is 0 Å². The molecule has 0 spiro atoms. The number of nitrogens with zero attached hydrogens (tertiary/aromatic N) is 5. The molecular weight excluding hydrogens is 378 g/mol. The molecule has 10 heteroatoms. The SMILES string of the molecule is Cc1nc(NCCNc2nc(-c3ccsc3)cc3nccn23)ccc1[N+](=O)[O-]. The molecule has 0 aliphatic rings. The van der Waals surface area contributed by atoms with E-state index in [-0.39, 0.29) is 5.69 Å². The van der Waals surface area contributed by atoms with Crippen LogP contribution in [0.25, 0.3) is 16.9 Å². The zero-order chi connectivity index (χ0) is 19.5. The maximum atomic E-state index is 10.9. The minimum atomic E-state index is -0.434. The van der Waals surface area contributed by atoms with E-state index in [4.69, 9.17) is 4.98 Å². The van der Waals surface area contributed by atoms with Crippen molar-refractivity contribution in [1.82, 2.24) is 19.4 Å². The molecule has 0 unspecified atom stereocenters. The minimum absolute atomic E-state index is 0.0145. The number of aryl methyl sites for hydroxylation is 1. The normalized spacial score (nSPS) is 10.9. The van der Waals surface area contributed by atoms with Gasteiger partial charge in [0.15, 0.2) is 0 Å². The van der Waals surface area contributed by atoms with Crippen molar-refractivity contribution >= 4 is 34.4 Å². The van der Waals surface area contributed by atoms with Crippen molar-refractivity contribution in [1.29, 1.82) is 0 Å². The van der Waals surface area contributed by atoms with E-state index >= 15 is 0 Å². The first-order chi connectivity index (χ1) is 13.6. The summed E-state index contributed by atoms with van der Waals surface area (Å²) in [6, 6.07) is 7.04. The van der Waals surface area contributed by atoms with Gasteiger partial charge in [-0.15, -0.1) is 0 Å². The number of imidazole rings is 1. The number of pyridine rings is 1. The van der Waals surface area contributed by atoms with Gasteiger partial charge in [-0.3, -0.25) is 14.5 Å². The van der Waals surface area contributed by atoms with Crippen molar-refractivity contribution in [2.24, 2.45) is 0 Å². The highest BCUT2D eigenvalue weighted by Gasteiger charge is 2.12. The Morgan fingerprint density at radius 3 is 2.82 bits per heavy atom. The highest BCUT2D eigenvalue weighted by atomic mass is 32.1. The number of thiophene rings is 1. The summed E-state index contributed by atoms with van der Waals surface area (Å²) in [6.07, 6.45) is 3.60. The van der Waals surface area contributed by atoms with Crippen LogP contribution in [0.5, 0.6) is 0 Å². The molecule has 0 saturated heterocycles. The van der Waals surface area contributed by atoms with E-state index in [1.807, 2.05) is 28.1 Å². The second-order valence-electron chi connectivity index (χ2n) is 6.04. The Labute approximate surface area is 164 Å². The lowest BCUT2D eigenvalue weighted by Gasteiger charge is -2.11. The summed E-state index contributed by atoms with van der Waals surface area (Å²) in [7, 11) is 0. The molecule has 142 valence electrons. The maximum Gasteiger partial charge on any atom is 0.290 e. The first-order valence-electron chi connectivity index (χ1n) is 8.58. The monoisotopic (exact) mass is 395 g/mol. The standard InChI is InChI=1S/C18H17N7O2S/c1-12-15(25(26)27)2-3-16(22-12)19-5-6-21-18-23-14(13-4-9-28-11-13)10-17-20-7-8-24(17)18/h2-4,7-11H,5-6H2,1H3,(H,19,22)(H,21,23). The number of rotatable bonds is 7. The fourth-order valence-electron chi connectivity index (χ4n) is 2.82. The molecule has 4 aromatic rings. The van der Waals surface area contributed by atoms with Gasteiger partial charge in [0.25, 0.3) is 5.69 Å². The Hall–Kier alpha value is -3.53. The average Bonchev–Trinajstić information content (AvgIpc) is 3.36. The third kappa shape index (κ3) is 3.62. The summed E-state index contributed by atoms with van der Waals surface area (Å²) in [4.78, 5) is 23.7. The van der Waals surface area contributed by atoms with E-state index in [1.165, 1.54) is 6.07 Å². The van der Waals surface area contributed by atoms with E-state index in [0.29, 0.717) is 30.5 Å². The average molecular weight is 395 g/mol. The van der Waals surface area contributed by atoms with E-state index in [0.717, 1.165) is 16.9 Å². The molecular formula is C18H17N7O2S. The topological polar surface area (TPSA) is 110 Å². The molecule has 28 heavy (non-hydrogen) atoms. The quantitative estimate of drug-likeness (QED) is 0.279. The van der Waals surface area contributed by atoms with Gasteiger partial charge in [-0.05, 0) is 24.4 Å². The van der Waals surface area contributed by atoms with Gasteiger partial charge in [-0.2, -0.15) is 11.3 Å². The van der Waals surface area contributed by atoms with Crippen molar-refractivity contribution in [2.75, 3.05) is 23.7 Å². The number of hydrogen-bond donors (Lipinski definition) is 2. The molecule has 4 rings (SSSR count). The Kier molecular flexibility index (Phi) is 4.85. The summed E-state index contributed by atoms with van der Waals surface area (Å²) < 4.78 is 1.89. The van der Waals surface area contributed by atoms with Gasteiger partial charge in [0, 0.05) is 48.6 Å². The van der Waals surface area contributed by atoms with Gasteiger partial charge in [-0.25, -0.2) is 15.0 Å². The van der Waals surface area contributed by atoms with E-state index in [9.17, 15) is 10.1 Å². The highest BCUT2D eigenvalue weighted by Crippen LogP contribution is 2.23. The lowest BCUT2D eigenvalue weighted by molar-refractivity contribution is -0.385. The predicted octanol–water partition coefficient (Wildman–Crippen LogP) is 3.59. The number of hydrogen-bond acceptors (Lipinski definition) is 8. The Balaban J connectivity index is 1.44. The smallest absolute Gasteiger partial charge is 0.290 e. The molecule has 9 nitrogen and oxygen atoms in total. The second-order valence-corrected chi connectivity index (χ2v) is 6.82. The fourth-order valence-corrected chi connectivity index (χ4v) is 3.47. The molecule has 0 aromatic carbocycles. The van der Waals surface area contributed by atoms with E-state index in [2.05, 4.69) is 26.0 Å². The molecule has 4 aromatic heterocycles. The van der Waals surface area contributed by atoms with Gasteiger partial charge >= 0.3 is 0 Å². The third-order valence-electron chi connectivity index (χ3n) is 4.18. The zero-order valence-electron chi connectivity index (χ0n) is 15.0. The molecule has 0 aliphatic heterocycles. The summed E-state index contributed by atoms with van der Waals surface area (Å²) in [5.74, 6) is 1.29.